The van der Waals surface area contributed by atoms with E-state index >= 15 is 0 Å². The summed E-state index contributed by atoms with van der Waals surface area (Å²) in [5, 5.41) is 0. The average Bonchev–Trinajstić information content (AvgIpc) is 2.70. The third-order valence-corrected chi connectivity index (χ3v) is 6.96. The van der Waals surface area contributed by atoms with Crippen molar-refractivity contribution in [3.05, 3.63) is 0 Å². The van der Waals surface area contributed by atoms with Gasteiger partial charge < -0.3 is 0 Å². The van der Waals surface area contributed by atoms with Crippen molar-refractivity contribution in [1.82, 2.24) is 0 Å². The van der Waals surface area contributed by atoms with Crippen LogP contribution in [-0.2, 0) is 0 Å². The summed E-state index contributed by atoms with van der Waals surface area (Å²) < 4.78 is 0. The van der Waals surface area contributed by atoms with Gasteiger partial charge in [0.15, 0.2) is 0 Å². The van der Waals surface area contributed by atoms with Crippen LogP contribution >= 0.6 is 0 Å². The molecule has 0 saturated carbocycles. The molecular weight excluding hydrogens is 348 g/mol. The topological polar surface area (TPSA) is 0 Å². The molecule has 0 N–H and O–H groups in total. The smallest absolute Gasteiger partial charge is 0.0298 e. The lowest BCUT2D eigenvalue weighted by Crippen LogP contribution is -2.21. The Hall–Kier alpha value is 0. The van der Waals surface area contributed by atoms with Crippen LogP contribution in [0.2, 0.25) is 0 Å². The van der Waals surface area contributed by atoms with Gasteiger partial charge in [-0.1, -0.05) is 157 Å². The lowest BCUT2D eigenvalue weighted by molar-refractivity contribution is 0.176. The van der Waals surface area contributed by atoms with Gasteiger partial charge in [-0.2, -0.15) is 0 Å². The summed E-state index contributed by atoms with van der Waals surface area (Å²) in [6.45, 7) is 9.41. The third-order valence-electron chi connectivity index (χ3n) is 6.96. The molecule has 0 heteroatoms. The summed E-state index contributed by atoms with van der Waals surface area (Å²) in [6.07, 6.45) is 33.7. The first-order valence-electron chi connectivity index (χ1n) is 13.7. The zero-order chi connectivity index (χ0) is 20.8. The van der Waals surface area contributed by atoms with Crippen LogP contribution in [0, 0.1) is 5.41 Å². The Morgan fingerprint density at radius 1 is 0.310 bits per heavy atom. The van der Waals surface area contributed by atoms with E-state index in [1.54, 1.807) is 0 Å². The zero-order valence-electron chi connectivity index (χ0n) is 20.8. The van der Waals surface area contributed by atoms with Gasteiger partial charge in [0.1, 0.15) is 0 Å². The fourth-order valence-corrected chi connectivity index (χ4v) is 5.12. The first-order valence-corrected chi connectivity index (χ1v) is 13.7. The Morgan fingerprint density at radius 3 is 0.862 bits per heavy atom. The van der Waals surface area contributed by atoms with E-state index in [4.69, 9.17) is 0 Å². The van der Waals surface area contributed by atoms with E-state index in [0.717, 1.165) is 0 Å². The van der Waals surface area contributed by atoms with Crippen molar-refractivity contribution in [2.24, 2.45) is 5.41 Å². The lowest BCUT2D eigenvalue weighted by Gasteiger charge is -2.35. The standard InChI is InChI=1S/C28H58.CH4/c1-5-9-12-15-18-21-25-28(24-8-4,26-22-19-16-13-10-6-2)27-23-20-17-14-11-7-3;/h5-27H2,1-4H3;1H4. The molecule has 178 valence electrons. The maximum atomic E-state index is 2.43. The van der Waals surface area contributed by atoms with Crippen LogP contribution in [0.4, 0.5) is 0 Å². The molecule has 0 fully saturated rings. The maximum absolute atomic E-state index is 2.43. The molecule has 0 aromatic heterocycles. The number of hydrogen-bond donors (Lipinski definition) is 0. The van der Waals surface area contributed by atoms with Crippen LogP contribution in [0.5, 0.6) is 0 Å². The van der Waals surface area contributed by atoms with E-state index in [-0.39, 0.29) is 7.43 Å². The monoisotopic (exact) mass is 410 g/mol. The minimum atomic E-state index is 0. The van der Waals surface area contributed by atoms with Crippen LogP contribution in [-0.4, -0.2) is 0 Å². The molecular formula is C29H62. The molecule has 0 spiro atoms. The van der Waals surface area contributed by atoms with Gasteiger partial charge in [-0.25, -0.2) is 0 Å². The molecule has 0 aliphatic rings. The summed E-state index contributed by atoms with van der Waals surface area (Å²) in [6, 6.07) is 0. The Kier molecular flexibility index (Phi) is 26.1. The first-order chi connectivity index (χ1) is 13.7. The molecule has 0 heterocycles. The van der Waals surface area contributed by atoms with Gasteiger partial charge in [-0.3, -0.25) is 0 Å². The van der Waals surface area contributed by atoms with Crippen LogP contribution in [0.15, 0.2) is 0 Å². The van der Waals surface area contributed by atoms with E-state index in [2.05, 4.69) is 27.7 Å². The van der Waals surface area contributed by atoms with Gasteiger partial charge in [0.25, 0.3) is 0 Å². The van der Waals surface area contributed by atoms with E-state index in [1.165, 1.54) is 148 Å². The molecule has 0 aromatic rings. The van der Waals surface area contributed by atoms with Crippen molar-refractivity contribution in [2.45, 2.75) is 183 Å². The molecule has 0 unspecified atom stereocenters. The van der Waals surface area contributed by atoms with E-state index in [9.17, 15) is 0 Å². The average molecular weight is 411 g/mol. The van der Waals surface area contributed by atoms with Crippen molar-refractivity contribution in [3.63, 3.8) is 0 Å². The second-order valence-corrected chi connectivity index (χ2v) is 9.80. The predicted molar refractivity (Wildman–Crippen MR) is 138 cm³/mol. The second kappa shape index (κ2) is 24.3. The third kappa shape index (κ3) is 19.7. The van der Waals surface area contributed by atoms with E-state index < -0.39 is 0 Å². The highest BCUT2D eigenvalue weighted by Crippen LogP contribution is 2.41. The minimum Gasteiger partial charge on any atom is -0.0776 e. The Labute approximate surface area is 188 Å². The highest BCUT2D eigenvalue weighted by molar-refractivity contribution is 4.79. The molecule has 0 aliphatic heterocycles. The molecule has 0 bridgehead atoms. The number of rotatable bonds is 23. The van der Waals surface area contributed by atoms with Gasteiger partial charge in [0.2, 0.25) is 0 Å². The molecule has 0 radical (unpaired) electrons. The van der Waals surface area contributed by atoms with Crippen molar-refractivity contribution in [2.75, 3.05) is 0 Å². The summed E-state index contributed by atoms with van der Waals surface area (Å²) in [5.74, 6) is 0. The molecule has 0 atom stereocenters. The highest BCUT2D eigenvalue weighted by Gasteiger charge is 2.27. The fourth-order valence-electron chi connectivity index (χ4n) is 5.12. The molecule has 0 rings (SSSR count). The van der Waals surface area contributed by atoms with E-state index in [0.29, 0.717) is 5.41 Å². The van der Waals surface area contributed by atoms with Crippen molar-refractivity contribution >= 4 is 0 Å². The Morgan fingerprint density at radius 2 is 0.586 bits per heavy atom. The minimum absolute atomic E-state index is 0. The number of hydrogen-bond acceptors (Lipinski definition) is 0. The Bertz CT molecular complexity index is 239. The van der Waals surface area contributed by atoms with Crippen LogP contribution < -0.4 is 0 Å². The summed E-state index contributed by atoms with van der Waals surface area (Å²) in [4.78, 5) is 0. The first kappa shape index (κ1) is 31.2. The van der Waals surface area contributed by atoms with Crippen LogP contribution in [0.25, 0.3) is 0 Å². The van der Waals surface area contributed by atoms with E-state index in [1.807, 2.05) is 0 Å². The number of unbranched alkanes of at least 4 members (excludes halogenated alkanes) is 15. The maximum Gasteiger partial charge on any atom is -0.0298 e. The molecule has 29 heavy (non-hydrogen) atoms. The molecule has 0 nitrogen and oxygen atoms in total. The quantitative estimate of drug-likeness (QED) is 0.147. The lowest BCUT2D eigenvalue weighted by atomic mass is 9.71. The second-order valence-electron chi connectivity index (χ2n) is 9.80. The van der Waals surface area contributed by atoms with Crippen LogP contribution in [0.1, 0.15) is 183 Å². The molecule has 0 aliphatic carbocycles. The SMILES string of the molecule is C.CCCCCCCCC(CCC)(CCCCCCCC)CCCCCCCC. The van der Waals surface area contributed by atoms with Gasteiger partial charge >= 0.3 is 0 Å². The molecule has 0 saturated heterocycles. The predicted octanol–water partition coefficient (Wildman–Crippen LogP) is 11.7. The largest absolute Gasteiger partial charge is 0.0776 e. The van der Waals surface area contributed by atoms with Crippen molar-refractivity contribution in [3.8, 4) is 0 Å². The normalized spacial score (nSPS) is 11.6. The van der Waals surface area contributed by atoms with Gasteiger partial charge in [0.05, 0.1) is 0 Å². The van der Waals surface area contributed by atoms with Crippen LogP contribution in [0.3, 0.4) is 0 Å². The van der Waals surface area contributed by atoms with Crippen molar-refractivity contribution < 1.29 is 0 Å². The zero-order valence-corrected chi connectivity index (χ0v) is 20.8. The highest BCUT2D eigenvalue weighted by atomic mass is 14.3. The van der Waals surface area contributed by atoms with Crippen molar-refractivity contribution in [1.29, 1.82) is 0 Å². The summed E-state index contributed by atoms with van der Waals surface area (Å²) in [7, 11) is 0. The Balaban J connectivity index is 0. The summed E-state index contributed by atoms with van der Waals surface area (Å²) in [5.41, 5.74) is 0.690. The molecule has 0 aromatic carbocycles. The van der Waals surface area contributed by atoms with Gasteiger partial charge in [0, 0.05) is 0 Å². The fraction of sp³-hybridized carbons (Fsp3) is 1.00. The molecule has 0 amide bonds. The van der Waals surface area contributed by atoms with Gasteiger partial charge in [-0.05, 0) is 31.1 Å². The summed E-state index contributed by atoms with van der Waals surface area (Å²) >= 11 is 0. The van der Waals surface area contributed by atoms with Gasteiger partial charge in [-0.15, -0.1) is 0 Å².